The SMILES string of the molecule is N#CC1=C(SCC(=O)Nc2ccccc2C(F)(F)F)NC(=O)C[C@H]1c1ccc(F)cc1. The summed E-state index contributed by atoms with van der Waals surface area (Å²) in [5, 5.41) is 14.5. The minimum atomic E-state index is -4.63. The van der Waals surface area contributed by atoms with Gasteiger partial charge >= 0.3 is 6.18 Å². The molecule has 1 heterocycles. The van der Waals surface area contributed by atoms with Crippen LogP contribution in [-0.2, 0) is 15.8 Å². The van der Waals surface area contributed by atoms with Gasteiger partial charge in [0.05, 0.1) is 33.7 Å². The zero-order chi connectivity index (χ0) is 22.6. The van der Waals surface area contributed by atoms with Crippen LogP contribution in [0, 0.1) is 17.1 Å². The number of rotatable bonds is 5. The number of nitrogens with one attached hydrogen (secondary N) is 2. The number of thioether (sulfide) groups is 1. The number of benzene rings is 2. The second-order valence-corrected chi connectivity index (χ2v) is 7.58. The average Bonchev–Trinajstić information content (AvgIpc) is 2.72. The Labute approximate surface area is 179 Å². The summed E-state index contributed by atoms with van der Waals surface area (Å²) < 4.78 is 52.4. The van der Waals surface area contributed by atoms with E-state index in [9.17, 15) is 32.4 Å². The Morgan fingerprint density at radius 2 is 1.87 bits per heavy atom. The lowest BCUT2D eigenvalue weighted by molar-refractivity contribution is -0.137. The molecule has 2 N–H and O–H groups in total. The number of alkyl halides is 3. The normalized spacial score (nSPS) is 16.5. The van der Waals surface area contributed by atoms with Crippen LogP contribution in [0.4, 0.5) is 23.2 Å². The van der Waals surface area contributed by atoms with Gasteiger partial charge in [0.25, 0.3) is 0 Å². The predicted molar refractivity (Wildman–Crippen MR) is 107 cm³/mol. The summed E-state index contributed by atoms with van der Waals surface area (Å²) in [4.78, 5) is 24.3. The van der Waals surface area contributed by atoms with Crippen LogP contribution in [0.25, 0.3) is 0 Å². The van der Waals surface area contributed by atoms with Crippen LogP contribution in [0.5, 0.6) is 0 Å². The summed E-state index contributed by atoms with van der Waals surface area (Å²) in [6.07, 6.45) is -4.66. The Balaban J connectivity index is 1.77. The van der Waals surface area contributed by atoms with Gasteiger partial charge in [-0.1, -0.05) is 36.0 Å². The molecule has 0 fully saturated rings. The molecule has 0 aromatic heterocycles. The van der Waals surface area contributed by atoms with Crippen LogP contribution < -0.4 is 10.6 Å². The Morgan fingerprint density at radius 3 is 2.52 bits per heavy atom. The number of hydrogen-bond acceptors (Lipinski definition) is 4. The van der Waals surface area contributed by atoms with Crippen molar-refractivity contribution in [2.45, 2.75) is 18.5 Å². The van der Waals surface area contributed by atoms with Crippen molar-refractivity contribution in [2.24, 2.45) is 0 Å². The topological polar surface area (TPSA) is 82.0 Å². The van der Waals surface area contributed by atoms with E-state index in [1.807, 2.05) is 6.07 Å². The summed E-state index contributed by atoms with van der Waals surface area (Å²) >= 11 is 0.834. The number of halogens is 4. The van der Waals surface area contributed by atoms with E-state index in [2.05, 4.69) is 10.6 Å². The molecule has 0 unspecified atom stereocenters. The quantitative estimate of drug-likeness (QED) is 0.656. The van der Waals surface area contributed by atoms with Gasteiger partial charge in [-0.15, -0.1) is 0 Å². The fraction of sp³-hybridized carbons (Fsp3) is 0.190. The molecule has 0 aliphatic carbocycles. The lowest BCUT2D eigenvalue weighted by Gasteiger charge is -2.25. The third-order valence-electron chi connectivity index (χ3n) is 4.48. The molecule has 0 spiro atoms. The van der Waals surface area contributed by atoms with Gasteiger partial charge in [0.2, 0.25) is 11.8 Å². The van der Waals surface area contributed by atoms with Gasteiger partial charge in [0, 0.05) is 12.3 Å². The first-order valence-corrected chi connectivity index (χ1v) is 9.96. The van der Waals surface area contributed by atoms with E-state index in [4.69, 9.17) is 0 Å². The third-order valence-corrected chi connectivity index (χ3v) is 5.50. The number of allylic oxidation sites excluding steroid dienone is 1. The molecule has 0 saturated heterocycles. The molecule has 0 bridgehead atoms. The first-order valence-electron chi connectivity index (χ1n) is 8.97. The highest BCUT2D eigenvalue weighted by molar-refractivity contribution is 8.03. The summed E-state index contributed by atoms with van der Waals surface area (Å²) in [5.74, 6) is -2.53. The third kappa shape index (κ3) is 5.44. The van der Waals surface area contributed by atoms with Crippen molar-refractivity contribution in [2.75, 3.05) is 11.1 Å². The monoisotopic (exact) mass is 449 g/mol. The maximum Gasteiger partial charge on any atom is 0.418 e. The highest BCUT2D eigenvalue weighted by atomic mass is 32.2. The number of nitriles is 1. The van der Waals surface area contributed by atoms with Crippen molar-refractivity contribution in [3.63, 3.8) is 0 Å². The zero-order valence-electron chi connectivity index (χ0n) is 15.8. The first kappa shape index (κ1) is 22.4. The van der Waals surface area contributed by atoms with Gasteiger partial charge in [-0.05, 0) is 29.8 Å². The summed E-state index contributed by atoms with van der Waals surface area (Å²) in [7, 11) is 0. The van der Waals surface area contributed by atoms with Gasteiger partial charge in [0.15, 0.2) is 0 Å². The number of amides is 2. The van der Waals surface area contributed by atoms with E-state index in [1.165, 1.54) is 36.4 Å². The van der Waals surface area contributed by atoms with E-state index in [0.717, 1.165) is 23.9 Å². The van der Waals surface area contributed by atoms with Crippen molar-refractivity contribution in [1.29, 1.82) is 5.26 Å². The Kier molecular flexibility index (Phi) is 6.65. The van der Waals surface area contributed by atoms with Gasteiger partial charge in [-0.2, -0.15) is 18.4 Å². The molecule has 1 aliphatic rings. The smallest absolute Gasteiger partial charge is 0.325 e. The van der Waals surface area contributed by atoms with Crippen molar-refractivity contribution in [3.8, 4) is 6.07 Å². The van der Waals surface area contributed by atoms with Crippen LogP contribution in [-0.4, -0.2) is 17.6 Å². The average molecular weight is 449 g/mol. The van der Waals surface area contributed by atoms with Gasteiger partial charge in [-0.25, -0.2) is 4.39 Å². The molecule has 2 amide bonds. The van der Waals surface area contributed by atoms with E-state index in [1.54, 1.807) is 0 Å². The standard InChI is InChI=1S/C21H15F4N3O2S/c22-13-7-5-12(6-8-13)14-9-18(29)28-20(15(14)10-26)31-11-19(30)27-17-4-2-1-3-16(17)21(23,24)25/h1-8,14H,9,11H2,(H,27,30)(H,28,29)/t14-/m0/s1. The molecule has 1 aliphatic heterocycles. The van der Waals surface area contributed by atoms with Crippen LogP contribution >= 0.6 is 11.8 Å². The second-order valence-electron chi connectivity index (χ2n) is 6.59. The van der Waals surface area contributed by atoms with Gasteiger partial charge < -0.3 is 10.6 Å². The van der Waals surface area contributed by atoms with Crippen LogP contribution in [0.2, 0.25) is 0 Å². The predicted octanol–water partition coefficient (Wildman–Crippen LogP) is 4.56. The zero-order valence-corrected chi connectivity index (χ0v) is 16.6. The number of nitrogens with zero attached hydrogens (tertiary/aromatic N) is 1. The van der Waals surface area contributed by atoms with E-state index >= 15 is 0 Å². The minimum absolute atomic E-state index is 0.0241. The van der Waals surface area contributed by atoms with Crippen LogP contribution in [0.3, 0.4) is 0 Å². The number of carbonyl (C=O) groups excluding carboxylic acids is 2. The molecule has 2 aromatic rings. The number of anilines is 1. The molecule has 3 rings (SSSR count). The lowest BCUT2D eigenvalue weighted by Crippen LogP contribution is -2.31. The van der Waals surface area contributed by atoms with Gasteiger partial charge in [0.1, 0.15) is 5.82 Å². The fourth-order valence-electron chi connectivity index (χ4n) is 3.08. The van der Waals surface area contributed by atoms with Crippen LogP contribution in [0.15, 0.2) is 59.1 Å². The Hall–Kier alpha value is -3.32. The maximum atomic E-state index is 13.2. The Morgan fingerprint density at radius 1 is 1.19 bits per heavy atom. The molecule has 31 heavy (non-hydrogen) atoms. The molecule has 0 radical (unpaired) electrons. The minimum Gasteiger partial charge on any atom is -0.325 e. The van der Waals surface area contributed by atoms with Gasteiger partial charge in [-0.3, -0.25) is 9.59 Å². The number of para-hydroxylation sites is 1. The summed E-state index contributed by atoms with van der Waals surface area (Å²) in [5.41, 5.74) is -0.603. The highest BCUT2D eigenvalue weighted by Crippen LogP contribution is 2.37. The molecular formula is C21H15F4N3O2S. The highest BCUT2D eigenvalue weighted by Gasteiger charge is 2.34. The first-order chi connectivity index (χ1) is 14.7. The van der Waals surface area contributed by atoms with E-state index < -0.39 is 35.3 Å². The summed E-state index contributed by atoms with van der Waals surface area (Å²) in [6, 6.07) is 12.0. The molecule has 1 atom stereocenters. The van der Waals surface area contributed by atoms with E-state index in [0.29, 0.717) is 5.56 Å². The van der Waals surface area contributed by atoms with Crippen LogP contribution in [0.1, 0.15) is 23.5 Å². The largest absolute Gasteiger partial charge is 0.418 e. The Bertz CT molecular complexity index is 1080. The number of hydrogen-bond donors (Lipinski definition) is 2. The molecule has 5 nitrogen and oxygen atoms in total. The fourth-order valence-corrected chi connectivity index (χ4v) is 3.95. The molecule has 2 aromatic carbocycles. The summed E-state index contributed by atoms with van der Waals surface area (Å²) in [6.45, 7) is 0. The molecule has 160 valence electrons. The molecule has 0 saturated carbocycles. The van der Waals surface area contributed by atoms with Crippen molar-refractivity contribution < 1.29 is 27.2 Å². The second kappa shape index (κ2) is 9.22. The molecular weight excluding hydrogens is 434 g/mol. The number of carbonyl (C=O) groups is 2. The maximum absolute atomic E-state index is 13.2. The van der Waals surface area contributed by atoms with Crippen molar-refractivity contribution >= 4 is 29.3 Å². The van der Waals surface area contributed by atoms with Crippen molar-refractivity contribution in [1.82, 2.24) is 5.32 Å². The van der Waals surface area contributed by atoms with E-state index in [-0.39, 0.29) is 28.5 Å². The van der Waals surface area contributed by atoms with Crippen molar-refractivity contribution in [3.05, 3.63) is 76.1 Å². The molecule has 10 heteroatoms. The lowest BCUT2D eigenvalue weighted by atomic mass is 9.87.